The fourth-order valence-corrected chi connectivity index (χ4v) is 2.13. The first-order valence-electron chi connectivity index (χ1n) is 4.40. The van der Waals surface area contributed by atoms with Gasteiger partial charge in [-0.2, -0.15) is 0 Å². The molecule has 0 atom stereocenters. The predicted molar refractivity (Wildman–Crippen MR) is 51.4 cm³/mol. The van der Waals surface area contributed by atoms with Crippen LogP contribution in [-0.2, 0) is 19.4 Å². The molecule has 1 rings (SSSR count). The maximum atomic E-state index is 8.89. The van der Waals surface area contributed by atoms with Crippen LogP contribution in [0.2, 0.25) is 0 Å². The van der Waals surface area contributed by atoms with E-state index in [0.29, 0.717) is 0 Å². The maximum absolute atomic E-state index is 8.89. The van der Waals surface area contributed by atoms with Crippen LogP contribution in [0.4, 0.5) is 0 Å². The molecule has 0 aliphatic carbocycles. The molecule has 0 bridgehead atoms. The zero-order valence-electron chi connectivity index (χ0n) is 7.63. The Morgan fingerprint density at radius 3 is 2.67 bits per heavy atom. The number of aliphatic hydroxyl groups is 1. The number of thiazole rings is 1. The van der Waals surface area contributed by atoms with Crippen molar-refractivity contribution in [2.24, 2.45) is 0 Å². The average Bonchev–Trinajstić information content (AvgIpc) is 2.48. The maximum Gasteiger partial charge on any atom is 0.119 e. The van der Waals surface area contributed by atoms with Gasteiger partial charge in [0, 0.05) is 4.88 Å². The van der Waals surface area contributed by atoms with Gasteiger partial charge in [0.1, 0.15) is 5.01 Å². The van der Waals surface area contributed by atoms with E-state index in [1.807, 2.05) is 0 Å². The van der Waals surface area contributed by atoms with Gasteiger partial charge in [0.25, 0.3) is 0 Å². The van der Waals surface area contributed by atoms with Crippen molar-refractivity contribution >= 4 is 11.3 Å². The van der Waals surface area contributed by atoms with Crippen LogP contribution in [-0.4, -0.2) is 10.1 Å². The highest BCUT2D eigenvalue weighted by Gasteiger charge is 2.07. The van der Waals surface area contributed by atoms with E-state index in [-0.39, 0.29) is 6.61 Å². The molecule has 0 aromatic carbocycles. The molecule has 0 unspecified atom stereocenters. The van der Waals surface area contributed by atoms with Gasteiger partial charge >= 0.3 is 0 Å². The van der Waals surface area contributed by atoms with Crippen LogP contribution >= 0.6 is 11.3 Å². The SMILES string of the molecule is CCCc1nc(CO)sc1CC. The summed E-state index contributed by atoms with van der Waals surface area (Å²) in [6.45, 7) is 4.37. The van der Waals surface area contributed by atoms with E-state index in [1.165, 1.54) is 10.6 Å². The molecule has 68 valence electrons. The zero-order chi connectivity index (χ0) is 8.97. The monoisotopic (exact) mass is 185 g/mol. The third-order valence-electron chi connectivity index (χ3n) is 1.77. The number of hydrogen-bond acceptors (Lipinski definition) is 3. The number of aryl methyl sites for hydroxylation is 2. The molecule has 0 aliphatic rings. The molecule has 3 heteroatoms. The topological polar surface area (TPSA) is 33.1 Å². The first-order chi connectivity index (χ1) is 5.81. The molecule has 0 aliphatic heterocycles. The quantitative estimate of drug-likeness (QED) is 0.779. The lowest BCUT2D eigenvalue weighted by molar-refractivity contribution is 0.281. The Morgan fingerprint density at radius 2 is 2.17 bits per heavy atom. The minimum absolute atomic E-state index is 0.0847. The van der Waals surface area contributed by atoms with Crippen LogP contribution in [0.3, 0.4) is 0 Å². The number of aromatic nitrogens is 1. The van der Waals surface area contributed by atoms with E-state index in [2.05, 4.69) is 18.8 Å². The molecule has 0 fully saturated rings. The second-order valence-electron chi connectivity index (χ2n) is 2.74. The van der Waals surface area contributed by atoms with Crippen molar-refractivity contribution in [3.05, 3.63) is 15.6 Å². The second kappa shape index (κ2) is 4.58. The van der Waals surface area contributed by atoms with E-state index >= 15 is 0 Å². The van der Waals surface area contributed by atoms with Crippen LogP contribution in [0.25, 0.3) is 0 Å². The third kappa shape index (κ3) is 2.05. The van der Waals surface area contributed by atoms with Crippen molar-refractivity contribution < 1.29 is 5.11 Å². The Balaban J connectivity index is 2.84. The van der Waals surface area contributed by atoms with Crippen molar-refractivity contribution in [1.82, 2.24) is 4.98 Å². The highest BCUT2D eigenvalue weighted by Crippen LogP contribution is 2.20. The third-order valence-corrected chi connectivity index (χ3v) is 2.99. The number of aliphatic hydroxyl groups excluding tert-OH is 1. The zero-order valence-corrected chi connectivity index (χ0v) is 8.45. The predicted octanol–water partition coefficient (Wildman–Crippen LogP) is 2.15. The summed E-state index contributed by atoms with van der Waals surface area (Å²) in [5.41, 5.74) is 1.19. The Hall–Kier alpha value is -0.410. The minimum atomic E-state index is 0.0847. The highest BCUT2D eigenvalue weighted by atomic mass is 32.1. The molecule has 0 saturated heterocycles. The average molecular weight is 185 g/mol. The molecule has 1 aromatic heterocycles. The largest absolute Gasteiger partial charge is 0.389 e. The van der Waals surface area contributed by atoms with Gasteiger partial charge in [0.05, 0.1) is 12.3 Å². The van der Waals surface area contributed by atoms with E-state index in [9.17, 15) is 0 Å². The first kappa shape index (κ1) is 9.68. The normalized spacial score (nSPS) is 10.6. The van der Waals surface area contributed by atoms with Gasteiger partial charge in [-0.25, -0.2) is 4.98 Å². The van der Waals surface area contributed by atoms with E-state index in [1.54, 1.807) is 11.3 Å². The van der Waals surface area contributed by atoms with Gasteiger partial charge in [-0.15, -0.1) is 11.3 Å². The van der Waals surface area contributed by atoms with Crippen LogP contribution in [0.5, 0.6) is 0 Å². The number of hydrogen-bond donors (Lipinski definition) is 1. The standard InChI is InChI=1S/C9H15NOS/c1-3-5-7-8(4-2)12-9(6-11)10-7/h11H,3-6H2,1-2H3. The van der Waals surface area contributed by atoms with Crippen molar-refractivity contribution in [3.63, 3.8) is 0 Å². The Bertz CT molecular complexity index is 245. The van der Waals surface area contributed by atoms with Crippen molar-refractivity contribution in [2.45, 2.75) is 39.7 Å². The fraction of sp³-hybridized carbons (Fsp3) is 0.667. The van der Waals surface area contributed by atoms with E-state index in [0.717, 1.165) is 24.3 Å². The molecular formula is C9H15NOS. The Morgan fingerprint density at radius 1 is 1.42 bits per heavy atom. The summed E-state index contributed by atoms with van der Waals surface area (Å²) < 4.78 is 0. The molecule has 0 amide bonds. The summed E-state index contributed by atoms with van der Waals surface area (Å²) in [6, 6.07) is 0. The smallest absolute Gasteiger partial charge is 0.119 e. The lowest BCUT2D eigenvalue weighted by atomic mass is 10.2. The van der Waals surface area contributed by atoms with Gasteiger partial charge < -0.3 is 5.11 Å². The van der Waals surface area contributed by atoms with Crippen LogP contribution < -0.4 is 0 Å². The summed E-state index contributed by atoms with van der Waals surface area (Å²) in [6.07, 6.45) is 3.20. The van der Waals surface area contributed by atoms with Crippen molar-refractivity contribution in [2.75, 3.05) is 0 Å². The fourth-order valence-electron chi connectivity index (χ4n) is 1.21. The van der Waals surface area contributed by atoms with Gasteiger partial charge in [0.15, 0.2) is 0 Å². The van der Waals surface area contributed by atoms with Crippen LogP contribution in [0.15, 0.2) is 0 Å². The van der Waals surface area contributed by atoms with Crippen LogP contribution in [0.1, 0.15) is 35.8 Å². The summed E-state index contributed by atoms with van der Waals surface area (Å²) >= 11 is 1.64. The van der Waals surface area contributed by atoms with E-state index < -0.39 is 0 Å². The number of rotatable bonds is 4. The van der Waals surface area contributed by atoms with Gasteiger partial charge in [0.2, 0.25) is 0 Å². The van der Waals surface area contributed by atoms with Gasteiger partial charge in [-0.05, 0) is 12.8 Å². The van der Waals surface area contributed by atoms with Crippen molar-refractivity contribution in [3.8, 4) is 0 Å². The minimum Gasteiger partial charge on any atom is -0.389 e. The summed E-state index contributed by atoms with van der Waals surface area (Å²) in [5.74, 6) is 0. The Kier molecular flexibility index (Phi) is 3.69. The summed E-state index contributed by atoms with van der Waals surface area (Å²) in [5, 5.41) is 9.74. The first-order valence-corrected chi connectivity index (χ1v) is 5.21. The molecule has 12 heavy (non-hydrogen) atoms. The molecule has 0 radical (unpaired) electrons. The lowest BCUT2D eigenvalue weighted by Crippen LogP contribution is -1.89. The molecule has 0 spiro atoms. The molecule has 0 saturated carbocycles. The van der Waals surface area contributed by atoms with Gasteiger partial charge in [-0.1, -0.05) is 20.3 Å². The second-order valence-corrected chi connectivity index (χ2v) is 3.91. The molecule has 2 nitrogen and oxygen atoms in total. The number of nitrogens with zero attached hydrogens (tertiary/aromatic N) is 1. The molecule has 1 aromatic rings. The van der Waals surface area contributed by atoms with Gasteiger partial charge in [-0.3, -0.25) is 0 Å². The van der Waals surface area contributed by atoms with Crippen LogP contribution in [0, 0.1) is 0 Å². The van der Waals surface area contributed by atoms with E-state index in [4.69, 9.17) is 5.11 Å². The summed E-state index contributed by atoms with van der Waals surface area (Å²) in [7, 11) is 0. The summed E-state index contributed by atoms with van der Waals surface area (Å²) in [4.78, 5) is 5.69. The molecule has 1 N–H and O–H groups in total. The Labute approximate surface area is 77.3 Å². The molecular weight excluding hydrogens is 170 g/mol. The highest BCUT2D eigenvalue weighted by molar-refractivity contribution is 7.11. The molecule has 1 heterocycles. The lowest BCUT2D eigenvalue weighted by Gasteiger charge is -1.94. The van der Waals surface area contributed by atoms with Crippen molar-refractivity contribution in [1.29, 1.82) is 0 Å².